The Morgan fingerprint density at radius 2 is 2.00 bits per heavy atom. The molecular formula is C25H32F2N4O3. The van der Waals surface area contributed by atoms with Crippen molar-refractivity contribution < 1.29 is 22.9 Å². The Hall–Kier alpha value is -2.81. The average molecular weight is 475 g/mol. The standard InChI is InChI=1S/C25H32F2N4O3/c1-4-15-6-5-7-22(15)31-11-10-20(18(14-31)25(33)30(2)3)28-24(32)21-13-23(34-29-21)17-9-8-16(26)12-19(17)27/h8-9,12-13,15,18,20,22H,4-7,10-11,14H2,1-3H3,(H,28,32)/t15-,18-,20-,22-/m0/s1. The topological polar surface area (TPSA) is 78.7 Å². The highest BCUT2D eigenvalue weighted by Crippen LogP contribution is 2.35. The van der Waals surface area contributed by atoms with Crippen molar-refractivity contribution in [1.29, 1.82) is 0 Å². The lowest BCUT2D eigenvalue weighted by atomic mass is 9.88. The summed E-state index contributed by atoms with van der Waals surface area (Å²) in [5.41, 5.74) is 0.00279. The lowest BCUT2D eigenvalue weighted by Crippen LogP contribution is -2.58. The second-order valence-electron chi connectivity index (χ2n) is 9.57. The molecule has 0 unspecified atom stereocenters. The van der Waals surface area contributed by atoms with Crippen LogP contribution in [-0.4, -0.2) is 66.0 Å². The van der Waals surface area contributed by atoms with Gasteiger partial charge in [-0.15, -0.1) is 0 Å². The summed E-state index contributed by atoms with van der Waals surface area (Å²) in [6.07, 6.45) is 5.39. The van der Waals surface area contributed by atoms with E-state index in [0.717, 1.165) is 31.5 Å². The van der Waals surface area contributed by atoms with Gasteiger partial charge < -0.3 is 14.7 Å². The molecule has 2 aliphatic rings. The lowest BCUT2D eigenvalue weighted by molar-refractivity contribution is -0.136. The fraction of sp³-hybridized carbons (Fsp3) is 0.560. The molecule has 1 aliphatic carbocycles. The van der Waals surface area contributed by atoms with E-state index in [1.165, 1.54) is 25.0 Å². The van der Waals surface area contributed by atoms with Crippen LogP contribution in [0.3, 0.4) is 0 Å². The van der Waals surface area contributed by atoms with E-state index in [4.69, 9.17) is 4.52 Å². The molecule has 2 fully saturated rings. The van der Waals surface area contributed by atoms with Crippen molar-refractivity contribution in [1.82, 2.24) is 20.3 Å². The van der Waals surface area contributed by atoms with Crippen LogP contribution >= 0.6 is 0 Å². The molecule has 34 heavy (non-hydrogen) atoms. The maximum Gasteiger partial charge on any atom is 0.273 e. The molecule has 4 atom stereocenters. The molecule has 1 aromatic carbocycles. The van der Waals surface area contributed by atoms with Gasteiger partial charge in [0, 0.05) is 51.4 Å². The molecule has 184 valence electrons. The molecular weight excluding hydrogens is 442 g/mol. The number of likely N-dealkylation sites (tertiary alicyclic amines) is 1. The summed E-state index contributed by atoms with van der Waals surface area (Å²) in [4.78, 5) is 30.0. The van der Waals surface area contributed by atoms with E-state index in [0.29, 0.717) is 24.9 Å². The molecule has 1 saturated heterocycles. The van der Waals surface area contributed by atoms with Crippen LogP contribution in [0.5, 0.6) is 0 Å². The fourth-order valence-corrected chi connectivity index (χ4v) is 5.45. The van der Waals surface area contributed by atoms with Gasteiger partial charge in [-0.25, -0.2) is 8.78 Å². The molecule has 2 aromatic rings. The molecule has 1 aromatic heterocycles. The Kier molecular flexibility index (Phi) is 7.30. The number of piperidine rings is 1. The zero-order chi connectivity index (χ0) is 24.4. The molecule has 2 amide bonds. The lowest BCUT2D eigenvalue weighted by Gasteiger charge is -2.43. The minimum atomic E-state index is -0.801. The number of halogens is 2. The van der Waals surface area contributed by atoms with Gasteiger partial charge in [0.1, 0.15) is 11.6 Å². The fourth-order valence-electron chi connectivity index (χ4n) is 5.45. The number of rotatable bonds is 6. The predicted octanol–water partition coefficient (Wildman–Crippen LogP) is 3.71. The summed E-state index contributed by atoms with van der Waals surface area (Å²) in [6, 6.07) is 4.57. The molecule has 1 saturated carbocycles. The van der Waals surface area contributed by atoms with Crippen molar-refractivity contribution in [3.63, 3.8) is 0 Å². The van der Waals surface area contributed by atoms with E-state index in [2.05, 4.69) is 22.3 Å². The molecule has 2 heterocycles. The highest BCUT2D eigenvalue weighted by Gasteiger charge is 2.41. The number of carbonyl (C=O) groups excluding carboxylic acids is 2. The molecule has 0 spiro atoms. The third-order valence-electron chi connectivity index (χ3n) is 7.27. The first-order chi connectivity index (χ1) is 16.3. The molecule has 1 aliphatic heterocycles. The number of hydrogen-bond acceptors (Lipinski definition) is 5. The van der Waals surface area contributed by atoms with Gasteiger partial charge in [-0.1, -0.05) is 24.9 Å². The van der Waals surface area contributed by atoms with Gasteiger partial charge in [0.25, 0.3) is 5.91 Å². The van der Waals surface area contributed by atoms with Gasteiger partial charge in [-0.3, -0.25) is 14.5 Å². The number of amides is 2. The van der Waals surface area contributed by atoms with Crippen molar-refractivity contribution in [2.45, 2.75) is 51.1 Å². The van der Waals surface area contributed by atoms with Gasteiger partial charge in [0.15, 0.2) is 11.5 Å². The second kappa shape index (κ2) is 10.2. The third-order valence-corrected chi connectivity index (χ3v) is 7.27. The number of aromatic nitrogens is 1. The number of benzene rings is 1. The Labute approximate surface area is 198 Å². The van der Waals surface area contributed by atoms with Crippen LogP contribution in [0.4, 0.5) is 8.78 Å². The number of nitrogens with zero attached hydrogens (tertiary/aromatic N) is 3. The zero-order valence-electron chi connectivity index (χ0n) is 19.9. The zero-order valence-corrected chi connectivity index (χ0v) is 19.9. The average Bonchev–Trinajstić information content (AvgIpc) is 3.48. The first-order valence-electron chi connectivity index (χ1n) is 12.0. The SMILES string of the molecule is CC[C@H]1CCC[C@@H]1N1CC[C@H](NC(=O)c2cc(-c3ccc(F)cc3F)on2)[C@@H](C(=O)N(C)C)C1. The van der Waals surface area contributed by atoms with Crippen LogP contribution in [0.25, 0.3) is 11.3 Å². The first-order valence-corrected chi connectivity index (χ1v) is 12.0. The van der Waals surface area contributed by atoms with Crippen LogP contribution in [0.15, 0.2) is 28.8 Å². The molecule has 9 heteroatoms. The largest absolute Gasteiger partial charge is 0.355 e. The second-order valence-corrected chi connectivity index (χ2v) is 9.57. The van der Waals surface area contributed by atoms with E-state index in [1.54, 1.807) is 19.0 Å². The van der Waals surface area contributed by atoms with Crippen LogP contribution in [0, 0.1) is 23.5 Å². The Morgan fingerprint density at radius 3 is 2.71 bits per heavy atom. The normalized spacial score (nSPS) is 25.3. The quantitative estimate of drug-likeness (QED) is 0.691. The summed E-state index contributed by atoms with van der Waals surface area (Å²) >= 11 is 0. The highest BCUT2D eigenvalue weighted by molar-refractivity contribution is 5.94. The molecule has 0 radical (unpaired) electrons. The van der Waals surface area contributed by atoms with E-state index in [1.807, 2.05) is 0 Å². The Balaban J connectivity index is 1.48. The summed E-state index contributed by atoms with van der Waals surface area (Å²) < 4.78 is 32.4. The predicted molar refractivity (Wildman–Crippen MR) is 123 cm³/mol. The van der Waals surface area contributed by atoms with E-state index < -0.39 is 17.5 Å². The Morgan fingerprint density at radius 1 is 1.21 bits per heavy atom. The molecule has 4 rings (SSSR count). The van der Waals surface area contributed by atoms with E-state index >= 15 is 0 Å². The molecule has 7 nitrogen and oxygen atoms in total. The highest BCUT2D eigenvalue weighted by atomic mass is 19.1. The van der Waals surface area contributed by atoms with Gasteiger partial charge >= 0.3 is 0 Å². The maximum absolute atomic E-state index is 14.1. The van der Waals surface area contributed by atoms with Gasteiger partial charge in [0.05, 0.1) is 11.5 Å². The van der Waals surface area contributed by atoms with Crippen molar-refractivity contribution >= 4 is 11.8 Å². The summed E-state index contributed by atoms with van der Waals surface area (Å²) in [6.45, 7) is 3.64. The molecule has 0 bridgehead atoms. The maximum atomic E-state index is 14.1. The summed E-state index contributed by atoms with van der Waals surface area (Å²) in [7, 11) is 3.46. The van der Waals surface area contributed by atoms with Crippen LogP contribution in [0.1, 0.15) is 49.5 Å². The number of carbonyl (C=O) groups is 2. The van der Waals surface area contributed by atoms with Gasteiger partial charge in [-0.05, 0) is 37.3 Å². The third kappa shape index (κ3) is 4.99. The minimum Gasteiger partial charge on any atom is -0.355 e. The van der Waals surface area contributed by atoms with Crippen molar-refractivity contribution in [3.05, 3.63) is 41.6 Å². The Bertz CT molecular complexity index is 1040. The first kappa shape index (κ1) is 24.3. The number of nitrogens with one attached hydrogen (secondary N) is 1. The van der Waals surface area contributed by atoms with Crippen molar-refractivity contribution in [2.75, 3.05) is 27.2 Å². The summed E-state index contributed by atoms with van der Waals surface area (Å²) in [5.74, 6) is -1.69. The van der Waals surface area contributed by atoms with Crippen molar-refractivity contribution in [2.24, 2.45) is 11.8 Å². The molecule has 1 N–H and O–H groups in total. The monoisotopic (exact) mass is 474 g/mol. The van der Waals surface area contributed by atoms with Crippen LogP contribution in [-0.2, 0) is 4.79 Å². The van der Waals surface area contributed by atoms with Gasteiger partial charge in [-0.2, -0.15) is 0 Å². The van der Waals surface area contributed by atoms with E-state index in [-0.39, 0.29) is 34.9 Å². The van der Waals surface area contributed by atoms with Crippen LogP contribution in [0.2, 0.25) is 0 Å². The van der Waals surface area contributed by atoms with Gasteiger partial charge in [0.2, 0.25) is 5.91 Å². The van der Waals surface area contributed by atoms with Crippen molar-refractivity contribution in [3.8, 4) is 11.3 Å². The summed E-state index contributed by atoms with van der Waals surface area (Å²) in [5, 5.41) is 6.73. The van der Waals surface area contributed by atoms with E-state index in [9.17, 15) is 18.4 Å². The number of hydrogen-bond donors (Lipinski definition) is 1. The smallest absolute Gasteiger partial charge is 0.273 e. The van der Waals surface area contributed by atoms with Crippen LogP contribution < -0.4 is 5.32 Å². The minimum absolute atomic E-state index is 0.0148.